The van der Waals surface area contributed by atoms with Crippen molar-refractivity contribution in [2.45, 2.75) is 25.7 Å². The summed E-state index contributed by atoms with van der Waals surface area (Å²) >= 11 is 1.39. The third kappa shape index (κ3) is 3.64. The molecule has 0 aliphatic carbocycles. The average Bonchev–Trinajstić information content (AvgIpc) is 2.89. The van der Waals surface area contributed by atoms with Gasteiger partial charge in [-0.3, -0.25) is 0 Å². The highest BCUT2D eigenvalue weighted by Crippen LogP contribution is 2.31. The van der Waals surface area contributed by atoms with Crippen molar-refractivity contribution in [2.24, 2.45) is 0 Å². The normalized spacial score (nSPS) is 10.9. The Morgan fingerprint density at radius 1 is 1.24 bits per heavy atom. The molecule has 0 saturated carbocycles. The summed E-state index contributed by atoms with van der Waals surface area (Å²) in [5.74, 6) is -0.109. The van der Waals surface area contributed by atoms with Gasteiger partial charge in [-0.15, -0.1) is 0 Å². The molecular weight excluding hydrogens is 341 g/mol. The Morgan fingerprint density at radius 2 is 2.04 bits per heavy atom. The van der Waals surface area contributed by atoms with E-state index in [4.69, 9.17) is 9.15 Å². The number of rotatable bonds is 5. The number of carbonyl (C=O) groups excluding carboxylic acids is 1. The lowest BCUT2D eigenvalue weighted by Gasteiger charge is -2.08. The zero-order valence-electron chi connectivity index (χ0n) is 14.2. The first kappa shape index (κ1) is 17.4. The Labute approximate surface area is 149 Å². The number of aryl methyl sites for hydroxylation is 2. The zero-order chi connectivity index (χ0) is 18.0. The lowest BCUT2D eigenvalue weighted by Crippen LogP contribution is -2.05. The highest BCUT2D eigenvalue weighted by molar-refractivity contribution is 8.00. The number of carbonyl (C=O) groups is 1. The van der Waals surface area contributed by atoms with Gasteiger partial charge in [-0.1, -0.05) is 0 Å². The van der Waals surface area contributed by atoms with Gasteiger partial charge in [0, 0.05) is 16.0 Å². The number of halogens is 1. The minimum absolute atomic E-state index is 0.253. The van der Waals surface area contributed by atoms with Crippen molar-refractivity contribution in [1.29, 1.82) is 0 Å². The topological polar surface area (TPSA) is 51.5 Å². The van der Waals surface area contributed by atoms with Crippen LogP contribution in [-0.4, -0.2) is 12.6 Å². The molecule has 6 heteroatoms. The van der Waals surface area contributed by atoms with Crippen LogP contribution in [0.4, 0.5) is 10.1 Å². The number of anilines is 1. The molecule has 4 nitrogen and oxygen atoms in total. The summed E-state index contributed by atoms with van der Waals surface area (Å²) in [6.07, 6.45) is 0. The second-order valence-corrected chi connectivity index (χ2v) is 6.43. The zero-order valence-corrected chi connectivity index (χ0v) is 15.0. The van der Waals surface area contributed by atoms with Gasteiger partial charge in [-0.25, -0.2) is 9.18 Å². The van der Waals surface area contributed by atoms with E-state index in [-0.39, 0.29) is 5.82 Å². The van der Waals surface area contributed by atoms with Crippen LogP contribution in [0.25, 0.3) is 11.0 Å². The van der Waals surface area contributed by atoms with E-state index in [0.717, 1.165) is 16.1 Å². The molecule has 1 N–H and O–H groups in total. The first-order chi connectivity index (χ1) is 12.0. The van der Waals surface area contributed by atoms with E-state index < -0.39 is 5.97 Å². The molecule has 130 valence electrons. The number of esters is 1. The molecular formula is C19H18FNO3S. The van der Waals surface area contributed by atoms with Gasteiger partial charge >= 0.3 is 5.97 Å². The van der Waals surface area contributed by atoms with Crippen molar-refractivity contribution in [2.75, 3.05) is 11.3 Å². The van der Waals surface area contributed by atoms with E-state index in [2.05, 4.69) is 4.72 Å². The summed E-state index contributed by atoms with van der Waals surface area (Å²) in [6.45, 7) is 5.68. The Hall–Kier alpha value is -2.47. The van der Waals surface area contributed by atoms with E-state index >= 15 is 0 Å². The Kier molecular flexibility index (Phi) is 4.99. The standard InChI is InChI=1S/C19H18FNO3S/c1-4-23-19(22)18-12(3)24-16-7-6-14(10-15(16)18)21-25-17-8-5-13(20)9-11(17)2/h5-10,21H,4H2,1-3H3. The minimum Gasteiger partial charge on any atom is -0.462 e. The third-order valence-electron chi connectivity index (χ3n) is 3.76. The number of nitrogens with one attached hydrogen (secondary N) is 1. The molecule has 0 radical (unpaired) electrons. The summed E-state index contributed by atoms with van der Waals surface area (Å²) in [5.41, 5.74) is 2.75. The van der Waals surface area contributed by atoms with Crippen molar-refractivity contribution in [3.8, 4) is 0 Å². The van der Waals surface area contributed by atoms with E-state index in [1.807, 2.05) is 25.1 Å². The molecule has 1 aromatic heterocycles. The molecule has 0 saturated heterocycles. The van der Waals surface area contributed by atoms with Gasteiger partial charge in [0.1, 0.15) is 22.7 Å². The van der Waals surface area contributed by atoms with Crippen LogP contribution in [0.1, 0.15) is 28.6 Å². The second kappa shape index (κ2) is 7.19. The molecule has 0 atom stereocenters. The van der Waals surface area contributed by atoms with Crippen LogP contribution in [-0.2, 0) is 4.74 Å². The number of hydrogen-bond donors (Lipinski definition) is 1. The first-order valence-electron chi connectivity index (χ1n) is 7.89. The number of benzene rings is 2. The number of furan rings is 1. The predicted molar refractivity (Wildman–Crippen MR) is 97.5 cm³/mol. The average molecular weight is 359 g/mol. The van der Waals surface area contributed by atoms with E-state index in [0.29, 0.717) is 28.9 Å². The number of ether oxygens (including phenoxy) is 1. The van der Waals surface area contributed by atoms with Crippen LogP contribution in [0.3, 0.4) is 0 Å². The van der Waals surface area contributed by atoms with Gasteiger partial charge in [-0.05, 0) is 74.7 Å². The third-order valence-corrected chi connectivity index (χ3v) is 4.78. The van der Waals surface area contributed by atoms with Crippen molar-refractivity contribution < 1.29 is 18.3 Å². The highest BCUT2D eigenvalue weighted by Gasteiger charge is 2.19. The predicted octanol–water partition coefficient (Wildman–Crippen LogP) is 5.48. The lowest BCUT2D eigenvalue weighted by atomic mass is 10.1. The van der Waals surface area contributed by atoms with E-state index in [9.17, 15) is 9.18 Å². The Balaban J connectivity index is 1.87. The van der Waals surface area contributed by atoms with Crippen LogP contribution >= 0.6 is 11.9 Å². The number of fused-ring (bicyclic) bond motifs is 1. The van der Waals surface area contributed by atoms with Crippen molar-refractivity contribution >= 4 is 34.6 Å². The molecule has 25 heavy (non-hydrogen) atoms. The molecule has 0 fully saturated rings. The van der Waals surface area contributed by atoms with Gasteiger partial charge in [0.25, 0.3) is 0 Å². The van der Waals surface area contributed by atoms with Crippen LogP contribution in [0, 0.1) is 19.7 Å². The van der Waals surface area contributed by atoms with E-state index in [1.165, 1.54) is 24.1 Å². The smallest absolute Gasteiger partial charge is 0.342 e. The summed E-state index contributed by atoms with van der Waals surface area (Å²) in [5, 5.41) is 0.706. The molecule has 3 aromatic rings. The molecule has 0 aliphatic rings. The van der Waals surface area contributed by atoms with Crippen LogP contribution in [0.15, 0.2) is 45.7 Å². The van der Waals surface area contributed by atoms with Crippen molar-refractivity contribution in [3.05, 3.63) is 59.1 Å². The van der Waals surface area contributed by atoms with Crippen LogP contribution in [0.2, 0.25) is 0 Å². The summed E-state index contributed by atoms with van der Waals surface area (Å²) in [6, 6.07) is 10.2. The maximum absolute atomic E-state index is 13.2. The fraction of sp³-hybridized carbons (Fsp3) is 0.211. The molecule has 0 amide bonds. The van der Waals surface area contributed by atoms with Gasteiger partial charge < -0.3 is 13.9 Å². The molecule has 0 aliphatic heterocycles. The molecule has 1 heterocycles. The monoisotopic (exact) mass is 359 g/mol. The van der Waals surface area contributed by atoms with Gasteiger partial charge in [-0.2, -0.15) is 0 Å². The molecule has 0 unspecified atom stereocenters. The minimum atomic E-state index is -0.391. The Morgan fingerprint density at radius 3 is 2.76 bits per heavy atom. The molecule has 0 bridgehead atoms. The summed E-state index contributed by atoms with van der Waals surface area (Å²) in [7, 11) is 0. The highest BCUT2D eigenvalue weighted by atomic mass is 32.2. The summed E-state index contributed by atoms with van der Waals surface area (Å²) in [4.78, 5) is 13.1. The van der Waals surface area contributed by atoms with Crippen LogP contribution < -0.4 is 4.72 Å². The quantitative estimate of drug-likeness (QED) is 0.482. The van der Waals surface area contributed by atoms with Gasteiger partial charge in [0.05, 0.1) is 6.61 Å². The first-order valence-corrected chi connectivity index (χ1v) is 8.70. The van der Waals surface area contributed by atoms with Crippen LogP contribution in [0.5, 0.6) is 0 Å². The number of hydrogen-bond acceptors (Lipinski definition) is 5. The summed E-state index contributed by atoms with van der Waals surface area (Å²) < 4.78 is 27.2. The lowest BCUT2D eigenvalue weighted by molar-refractivity contribution is 0.0526. The maximum atomic E-state index is 13.2. The second-order valence-electron chi connectivity index (χ2n) is 5.58. The molecule has 0 spiro atoms. The molecule has 3 rings (SSSR count). The van der Waals surface area contributed by atoms with Gasteiger partial charge in [0.2, 0.25) is 0 Å². The maximum Gasteiger partial charge on any atom is 0.342 e. The van der Waals surface area contributed by atoms with Gasteiger partial charge in [0.15, 0.2) is 0 Å². The van der Waals surface area contributed by atoms with Crippen molar-refractivity contribution in [3.63, 3.8) is 0 Å². The largest absolute Gasteiger partial charge is 0.462 e. The van der Waals surface area contributed by atoms with E-state index in [1.54, 1.807) is 19.9 Å². The SMILES string of the molecule is CCOC(=O)c1c(C)oc2ccc(NSc3ccc(F)cc3C)cc12. The van der Waals surface area contributed by atoms with Crippen molar-refractivity contribution in [1.82, 2.24) is 0 Å². The fourth-order valence-electron chi connectivity index (χ4n) is 2.58. The fourth-order valence-corrected chi connectivity index (χ4v) is 3.29. The molecule has 2 aromatic carbocycles. The Bertz CT molecular complexity index is 936.